The molecule has 0 bridgehead atoms. The molecule has 1 aliphatic heterocycles. The van der Waals surface area contributed by atoms with E-state index in [9.17, 15) is 13.2 Å². The summed E-state index contributed by atoms with van der Waals surface area (Å²) in [5.74, 6) is 0.885. The van der Waals surface area contributed by atoms with E-state index in [4.69, 9.17) is 0 Å². The predicted octanol–water partition coefficient (Wildman–Crippen LogP) is 10.9. The molecule has 2 aliphatic rings. The molecule has 0 aromatic heterocycles. The van der Waals surface area contributed by atoms with Crippen LogP contribution in [0.4, 0.5) is 18.9 Å². The Morgan fingerprint density at radius 3 is 2.27 bits per heavy atom. The lowest BCUT2D eigenvalue weighted by Gasteiger charge is -2.43. The molecule has 0 spiro atoms. The van der Waals surface area contributed by atoms with E-state index in [1.165, 1.54) is 48.2 Å². The Morgan fingerprint density at radius 1 is 1.07 bits per heavy atom. The third-order valence-corrected chi connectivity index (χ3v) is 8.50. The molecule has 1 heterocycles. The van der Waals surface area contributed by atoms with Crippen molar-refractivity contribution in [2.24, 2.45) is 5.92 Å². The Bertz CT molecular complexity index is 1240. The van der Waals surface area contributed by atoms with Crippen LogP contribution in [0.1, 0.15) is 94.9 Å². The Morgan fingerprint density at radius 2 is 1.70 bits per heavy atom. The Labute approximate surface area is 265 Å². The highest BCUT2D eigenvalue weighted by molar-refractivity contribution is 5.52. The van der Waals surface area contributed by atoms with E-state index in [2.05, 4.69) is 86.0 Å². The van der Waals surface area contributed by atoms with Crippen LogP contribution in [0.25, 0.3) is 0 Å². The van der Waals surface area contributed by atoms with Crippen LogP contribution in [0.3, 0.4) is 0 Å². The minimum absolute atomic E-state index is 0.0442. The smallest absolute Gasteiger partial charge is 0.359 e. The number of nitrogens with zero attached hydrogens (tertiary/aromatic N) is 1. The maximum atomic E-state index is 13.3. The van der Waals surface area contributed by atoms with Crippen LogP contribution >= 0.6 is 0 Å². The fraction of sp³-hybridized carbons (Fsp3) is 0.487. The number of aryl methyl sites for hydroxylation is 1. The summed E-state index contributed by atoms with van der Waals surface area (Å²) < 4.78 is 40.0. The van der Waals surface area contributed by atoms with Gasteiger partial charge in [-0.3, -0.25) is 0 Å². The SMILES string of the molecule is C#C.C=C(CCC1(c2ccc(C/C=C(C)\C=C/CC)cc2)CCN(CC2CC2)CC1)Nc1cc(C)cc(C(F)(F)F)c1.CC. The number of alkyl halides is 3. The van der Waals surface area contributed by atoms with Gasteiger partial charge in [0.2, 0.25) is 0 Å². The van der Waals surface area contributed by atoms with E-state index < -0.39 is 11.7 Å². The lowest BCUT2D eigenvalue weighted by molar-refractivity contribution is -0.137. The standard InChI is InChI=1S/C35H45F3N2.C2H6.C2H2/c1-5-6-7-26(2)8-9-29-12-14-31(15-13-29)34(18-20-40(21-19-34)25-30-10-11-30)17-16-28(4)39-33-23-27(3)22-32(24-33)35(36,37)38;2*1-2/h6-8,12-15,22-24,30,39H,4-5,9-11,16-21,25H2,1-3H3;1-2H3;1-2H/b7-6-,26-8-;;. The van der Waals surface area contributed by atoms with E-state index in [0.29, 0.717) is 17.7 Å². The highest BCUT2D eigenvalue weighted by Gasteiger charge is 2.37. The summed E-state index contributed by atoms with van der Waals surface area (Å²) in [6, 6.07) is 13.3. The molecule has 2 aromatic carbocycles. The summed E-state index contributed by atoms with van der Waals surface area (Å²) in [6.07, 6.45) is 18.8. The maximum Gasteiger partial charge on any atom is 0.416 e. The van der Waals surface area contributed by atoms with Gasteiger partial charge in [-0.2, -0.15) is 13.2 Å². The maximum absolute atomic E-state index is 13.3. The summed E-state index contributed by atoms with van der Waals surface area (Å²) in [5, 5.41) is 3.18. The lowest BCUT2D eigenvalue weighted by Crippen LogP contribution is -2.43. The Kier molecular flexibility index (Phi) is 15.0. The predicted molar refractivity (Wildman–Crippen MR) is 183 cm³/mol. The minimum atomic E-state index is -4.37. The van der Waals surface area contributed by atoms with E-state index in [1.807, 2.05) is 13.8 Å². The van der Waals surface area contributed by atoms with Crippen molar-refractivity contribution in [2.45, 2.75) is 97.6 Å². The van der Waals surface area contributed by atoms with Gasteiger partial charge in [0.25, 0.3) is 0 Å². The van der Waals surface area contributed by atoms with Gasteiger partial charge in [0, 0.05) is 17.9 Å². The van der Waals surface area contributed by atoms with E-state index >= 15 is 0 Å². The number of anilines is 1. The molecule has 1 saturated heterocycles. The van der Waals surface area contributed by atoms with E-state index in [1.54, 1.807) is 13.0 Å². The van der Waals surface area contributed by atoms with Gasteiger partial charge in [0.1, 0.15) is 0 Å². The highest BCUT2D eigenvalue weighted by Crippen LogP contribution is 2.42. The first kappa shape index (κ1) is 37.0. The topological polar surface area (TPSA) is 15.3 Å². The highest BCUT2D eigenvalue weighted by atomic mass is 19.4. The molecule has 44 heavy (non-hydrogen) atoms. The van der Waals surface area contributed by atoms with Crippen LogP contribution in [0, 0.1) is 25.7 Å². The van der Waals surface area contributed by atoms with Crippen molar-refractivity contribution in [3.8, 4) is 12.8 Å². The van der Waals surface area contributed by atoms with Crippen LogP contribution in [0.2, 0.25) is 0 Å². The largest absolute Gasteiger partial charge is 0.416 e. The molecule has 0 atom stereocenters. The summed E-state index contributed by atoms with van der Waals surface area (Å²) >= 11 is 0. The number of benzene rings is 2. The average Bonchev–Trinajstić information content (AvgIpc) is 3.84. The van der Waals surface area contributed by atoms with Crippen molar-refractivity contribution in [2.75, 3.05) is 25.0 Å². The second-order valence-corrected chi connectivity index (χ2v) is 12.0. The molecular weight excluding hydrogens is 553 g/mol. The van der Waals surface area contributed by atoms with Crippen molar-refractivity contribution >= 4 is 5.69 Å². The van der Waals surface area contributed by atoms with Crippen molar-refractivity contribution in [1.82, 2.24) is 4.90 Å². The van der Waals surface area contributed by atoms with E-state index in [0.717, 1.165) is 56.8 Å². The monoisotopic (exact) mass is 606 g/mol. The second-order valence-electron chi connectivity index (χ2n) is 12.0. The number of rotatable bonds is 12. The van der Waals surface area contributed by atoms with Crippen molar-refractivity contribution in [1.29, 1.82) is 0 Å². The van der Waals surface area contributed by atoms with E-state index in [-0.39, 0.29) is 5.41 Å². The number of hydrogen-bond acceptors (Lipinski definition) is 2. The normalized spacial score (nSPS) is 16.8. The van der Waals surface area contributed by atoms with Crippen molar-refractivity contribution < 1.29 is 13.2 Å². The van der Waals surface area contributed by atoms with Crippen LogP contribution < -0.4 is 5.32 Å². The molecule has 240 valence electrons. The van der Waals surface area contributed by atoms with Gasteiger partial charge in [-0.05, 0) is 125 Å². The molecule has 2 aromatic rings. The van der Waals surface area contributed by atoms with Crippen LogP contribution in [-0.4, -0.2) is 24.5 Å². The summed E-state index contributed by atoms with van der Waals surface area (Å²) in [5.41, 5.74) is 5.17. The molecule has 0 unspecified atom stereocenters. The number of likely N-dealkylation sites (tertiary alicyclic amines) is 1. The number of allylic oxidation sites excluding steroid dienone is 5. The van der Waals surface area contributed by atoms with Crippen LogP contribution in [-0.2, 0) is 18.0 Å². The van der Waals surface area contributed by atoms with Gasteiger partial charge in [-0.1, -0.05) is 75.4 Å². The second kappa shape index (κ2) is 17.9. The van der Waals surface area contributed by atoms with Crippen molar-refractivity contribution in [3.05, 3.63) is 101 Å². The van der Waals surface area contributed by atoms with Crippen LogP contribution in [0.5, 0.6) is 0 Å². The van der Waals surface area contributed by atoms with Gasteiger partial charge < -0.3 is 10.2 Å². The number of hydrogen-bond donors (Lipinski definition) is 1. The number of halogens is 3. The van der Waals surface area contributed by atoms with Gasteiger partial charge in [0.05, 0.1) is 5.56 Å². The average molecular weight is 607 g/mol. The summed E-state index contributed by atoms with van der Waals surface area (Å²) in [6.45, 7) is 17.6. The number of piperidine rings is 1. The van der Waals surface area contributed by atoms with Gasteiger partial charge in [-0.15, -0.1) is 12.8 Å². The Hall–Kier alpha value is -3.23. The summed E-state index contributed by atoms with van der Waals surface area (Å²) in [4.78, 5) is 2.63. The van der Waals surface area contributed by atoms with Crippen molar-refractivity contribution in [3.63, 3.8) is 0 Å². The molecule has 4 rings (SSSR count). The molecule has 1 saturated carbocycles. The fourth-order valence-electron chi connectivity index (χ4n) is 5.83. The first-order valence-electron chi connectivity index (χ1n) is 16.2. The lowest BCUT2D eigenvalue weighted by atomic mass is 9.69. The third kappa shape index (κ3) is 11.7. The van der Waals surface area contributed by atoms with Gasteiger partial charge in [-0.25, -0.2) is 0 Å². The quantitative estimate of drug-likeness (QED) is 0.191. The van der Waals surface area contributed by atoms with Crippen LogP contribution in [0.15, 0.2) is 78.5 Å². The molecular formula is C39H53F3N2. The first-order chi connectivity index (χ1) is 21.1. The zero-order chi connectivity index (χ0) is 32.8. The molecule has 1 aliphatic carbocycles. The minimum Gasteiger partial charge on any atom is -0.359 e. The third-order valence-electron chi connectivity index (χ3n) is 8.50. The first-order valence-corrected chi connectivity index (χ1v) is 16.2. The zero-order valence-electron chi connectivity index (χ0n) is 27.6. The fourth-order valence-corrected chi connectivity index (χ4v) is 5.83. The number of nitrogens with one attached hydrogen (secondary N) is 1. The summed E-state index contributed by atoms with van der Waals surface area (Å²) in [7, 11) is 0. The molecule has 0 radical (unpaired) electrons. The van der Waals surface area contributed by atoms with Gasteiger partial charge >= 0.3 is 6.18 Å². The molecule has 5 heteroatoms. The molecule has 2 fully saturated rings. The Balaban J connectivity index is 0.00000162. The zero-order valence-corrected chi connectivity index (χ0v) is 27.6. The molecule has 1 N–H and O–H groups in total. The molecule has 0 amide bonds. The number of terminal acetylenes is 1. The molecule has 2 nitrogen and oxygen atoms in total. The van der Waals surface area contributed by atoms with Gasteiger partial charge in [0.15, 0.2) is 0 Å².